The second-order valence-electron chi connectivity index (χ2n) is 6.26. The van der Waals surface area contributed by atoms with E-state index < -0.39 is 0 Å². The third kappa shape index (κ3) is 5.37. The van der Waals surface area contributed by atoms with Crippen LogP contribution in [0.5, 0.6) is 0 Å². The van der Waals surface area contributed by atoms with E-state index in [1.165, 1.54) is 31.2 Å². The minimum absolute atomic E-state index is 0.0366. The Balaban J connectivity index is 1.76. The number of carbonyl (C=O) groups is 1. The lowest BCUT2D eigenvalue weighted by molar-refractivity contribution is -0.117. The summed E-state index contributed by atoms with van der Waals surface area (Å²) in [7, 11) is 0. The molecule has 1 aromatic carbocycles. The van der Waals surface area contributed by atoms with E-state index in [0.29, 0.717) is 6.04 Å². The van der Waals surface area contributed by atoms with Crippen LogP contribution >= 0.6 is 0 Å². The Kier molecular flexibility index (Phi) is 6.04. The van der Waals surface area contributed by atoms with Crippen LogP contribution in [-0.4, -0.2) is 11.9 Å². The van der Waals surface area contributed by atoms with Crippen molar-refractivity contribution in [2.24, 2.45) is 5.92 Å². The molecule has 1 aliphatic carbocycles. The molecular weight excluding hydrogens is 258 g/mol. The first-order valence-corrected chi connectivity index (χ1v) is 8.22. The van der Waals surface area contributed by atoms with E-state index in [0.717, 1.165) is 24.3 Å². The molecule has 114 valence electrons. The highest BCUT2D eigenvalue weighted by Gasteiger charge is 2.20. The number of hydrogen-bond donors (Lipinski definition) is 1. The van der Waals surface area contributed by atoms with E-state index in [9.17, 15) is 4.79 Å². The molecule has 1 amide bonds. The van der Waals surface area contributed by atoms with Crippen molar-refractivity contribution in [3.05, 3.63) is 41.5 Å². The van der Waals surface area contributed by atoms with Crippen LogP contribution in [0.25, 0.3) is 6.08 Å². The molecule has 0 radical (unpaired) electrons. The topological polar surface area (TPSA) is 29.1 Å². The lowest BCUT2D eigenvalue weighted by Gasteiger charge is -2.28. The number of benzene rings is 1. The third-order valence-electron chi connectivity index (χ3n) is 4.39. The van der Waals surface area contributed by atoms with Crippen molar-refractivity contribution in [1.29, 1.82) is 0 Å². The van der Waals surface area contributed by atoms with Crippen LogP contribution in [0.15, 0.2) is 30.3 Å². The number of amides is 1. The molecule has 1 fully saturated rings. The van der Waals surface area contributed by atoms with Gasteiger partial charge in [0.25, 0.3) is 0 Å². The lowest BCUT2D eigenvalue weighted by atomic mass is 9.83. The van der Waals surface area contributed by atoms with Gasteiger partial charge in [0.2, 0.25) is 5.91 Å². The Labute approximate surface area is 128 Å². The molecule has 0 saturated heterocycles. The highest BCUT2D eigenvalue weighted by molar-refractivity contribution is 5.91. The first-order chi connectivity index (χ1) is 10.2. The minimum Gasteiger partial charge on any atom is -0.350 e. The molecule has 1 saturated carbocycles. The second kappa shape index (κ2) is 8.02. The van der Waals surface area contributed by atoms with Crippen molar-refractivity contribution in [3.63, 3.8) is 0 Å². The molecule has 0 bridgehead atoms. The van der Waals surface area contributed by atoms with Gasteiger partial charge >= 0.3 is 0 Å². The fraction of sp³-hybridized carbons (Fsp3) is 0.526. The molecular formula is C19H27NO. The lowest BCUT2D eigenvalue weighted by Crippen LogP contribution is -2.36. The number of hydrogen-bond acceptors (Lipinski definition) is 1. The number of nitrogens with one attached hydrogen (secondary N) is 1. The van der Waals surface area contributed by atoms with Gasteiger partial charge < -0.3 is 5.32 Å². The molecule has 1 aromatic rings. The molecule has 1 N–H and O–H groups in total. The monoisotopic (exact) mass is 285 g/mol. The van der Waals surface area contributed by atoms with Crippen LogP contribution in [0, 0.1) is 12.8 Å². The number of carbonyl (C=O) groups excluding carboxylic acids is 1. The summed E-state index contributed by atoms with van der Waals surface area (Å²) in [6.07, 6.45) is 11.0. The molecule has 2 nitrogen and oxygen atoms in total. The normalized spacial score (nSPS) is 22.4. The van der Waals surface area contributed by atoms with Crippen LogP contribution in [0.3, 0.4) is 0 Å². The van der Waals surface area contributed by atoms with Crippen molar-refractivity contribution >= 4 is 12.0 Å². The number of rotatable bonds is 5. The van der Waals surface area contributed by atoms with Crippen LogP contribution in [0.2, 0.25) is 0 Å². The quantitative estimate of drug-likeness (QED) is 0.794. The fourth-order valence-electron chi connectivity index (χ4n) is 3.10. The summed E-state index contributed by atoms with van der Waals surface area (Å²) in [5, 5.41) is 3.14. The van der Waals surface area contributed by atoms with E-state index in [4.69, 9.17) is 0 Å². The molecule has 21 heavy (non-hydrogen) atoms. The number of aryl methyl sites for hydroxylation is 1. The van der Waals surface area contributed by atoms with Gasteiger partial charge in [0.05, 0.1) is 0 Å². The van der Waals surface area contributed by atoms with Gasteiger partial charge in [-0.2, -0.15) is 0 Å². The summed E-state index contributed by atoms with van der Waals surface area (Å²) < 4.78 is 0. The molecule has 2 heteroatoms. The van der Waals surface area contributed by atoms with E-state index in [-0.39, 0.29) is 5.91 Å². The first-order valence-electron chi connectivity index (χ1n) is 8.22. The van der Waals surface area contributed by atoms with Crippen molar-refractivity contribution in [2.45, 2.75) is 58.4 Å². The molecule has 0 atom stereocenters. The highest BCUT2D eigenvalue weighted by atomic mass is 16.1. The maximum Gasteiger partial charge on any atom is 0.244 e. The summed E-state index contributed by atoms with van der Waals surface area (Å²) in [6, 6.07) is 8.57. The summed E-state index contributed by atoms with van der Waals surface area (Å²) in [4.78, 5) is 12.0. The van der Waals surface area contributed by atoms with E-state index in [1.54, 1.807) is 6.08 Å². The highest BCUT2D eigenvalue weighted by Crippen LogP contribution is 2.27. The Morgan fingerprint density at radius 1 is 1.19 bits per heavy atom. The largest absolute Gasteiger partial charge is 0.350 e. The van der Waals surface area contributed by atoms with Gasteiger partial charge in [-0.3, -0.25) is 4.79 Å². The smallest absolute Gasteiger partial charge is 0.244 e. The van der Waals surface area contributed by atoms with Crippen LogP contribution < -0.4 is 5.32 Å². The molecule has 0 heterocycles. The molecule has 0 unspecified atom stereocenters. The Morgan fingerprint density at radius 2 is 1.86 bits per heavy atom. The fourth-order valence-corrected chi connectivity index (χ4v) is 3.10. The van der Waals surface area contributed by atoms with Crippen molar-refractivity contribution in [3.8, 4) is 0 Å². The van der Waals surface area contributed by atoms with Gasteiger partial charge in [-0.15, -0.1) is 0 Å². The van der Waals surface area contributed by atoms with E-state index >= 15 is 0 Å². The van der Waals surface area contributed by atoms with Crippen LogP contribution in [0.4, 0.5) is 0 Å². The Hall–Kier alpha value is -1.57. The van der Waals surface area contributed by atoms with Crippen molar-refractivity contribution in [1.82, 2.24) is 5.32 Å². The minimum atomic E-state index is 0.0366. The second-order valence-corrected chi connectivity index (χ2v) is 6.26. The summed E-state index contributed by atoms with van der Waals surface area (Å²) in [6.45, 7) is 4.32. The zero-order chi connectivity index (χ0) is 15.1. The van der Waals surface area contributed by atoms with Gasteiger partial charge in [0, 0.05) is 12.1 Å². The predicted molar refractivity (Wildman–Crippen MR) is 89.0 cm³/mol. The summed E-state index contributed by atoms with van der Waals surface area (Å²) >= 11 is 0. The average molecular weight is 285 g/mol. The van der Waals surface area contributed by atoms with Gasteiger partial charge in [0.15, 0.2) is 0 Å². The zero-order valence-corrected chi connectivity index (χ0v) is 13.3. The van der Waals surface area contributed by atoms with Crippen LogP contribution in [-0.2, 0) is 4.79 Å². The molecule has 1 aliphatic rings. The Bertz CT molecular complexity index is 467. The average Bonchev–Trinajstić information content (AvgIpc) is 2.49. The summed E-state index contributed by atoms with van der Waals surface area (Å²) in [5.74, 6) is 0.917. The molecule has 0 aromatic heterocycles. The van der Waals surface area contributed by atoms with Gasteiger partial charge in [-0.1, -0.05) is 49.6 Å². The molecule has 0 spiro atoms. The van der Waals surface area contributed by atoms with Gasteiger partial charge in [-0.25, -0.2) is 0 Å². The standard InChI is InChI=1S/C19H27NO/c1-3-4-16-9-12-18(13-10-16)20-19(21)14-11-17-7-5-15(2)6-8-17/h5-8,11,14,16,18H,3-4,9-10,12-13H2,1-2H3,(H,20,21)/b14-11+. The van der Waals surface area contributed by atoms with Gasteiger partial charge in [0.1, 0.15) is 0 Å². The first kappa shape index (κ1) is 15.8. The Morgan fingerprint density at radius 3 is 2.48 bits per heavy atom. The van der Waals surface area contributed by atoms with Crippen molar-refractivity contribution < 1.29 is 4.79 Å². The van der Waals surface area contributed by atoms with E-state index in [2.05, 4.69) is 31.3 Å². The SMILES string of the molecule is CCCC1CCC(NC(=O)/C=C/c2ccc(C)cc2)CC1. The molecule has 2 rings (SSSR count). The van der Waals surface area contributed by atoms with E-state index in [1.807, 2.05) is 18.2 Å². The zero-order valence-electron chi connectivity index (χ0n) is 13.3. The van der Waals surface area contributed by atoms with Gasteiger partial charge in [-0.05, 0) is 50.2 Å². The summed E-state index contributed by atoms with van der Waals surface area (Å²) in [5.41, 5.74) is 2.31. The third-order valence-corrected chi connectivity index (χ3v) is 4.39. The van der Waals surface area contributed by atoms with Crippen LogP contribution in [0.1, 0.15) is 56.6 Å². The predicted octanol–water partition coefficient (Wildman–Crippen LogP) is 4.48. The maximum absolute atomic E-state index is 12.0. The molecule has 0 aliphatic heterocycles. The van der Waals surface area contributed by atoms with Crippen molar-refractivity contribution in [2.75, 3.05) is 0 Å². The maximum atomic E-state index is 12.0.